The number of thioether (sulfide) groups is 1. The molecule has 4 aromatic rings. The van der Waals surface area contributed by atoms with Crippen molar-refractivity contribution in [3.63, 3.8) is 0 Å². The molecule has 0 saturated heterocycles. The molecule has 0 atom stereocenters. The first-order valence-corrected chi connectivity index (χ1v) is 11.4. The van der Waals surface area contributed by atoms with E-state index in [0.717, 1.165) is 22.4 Å². The van der Waals surface area contributed by atoms with Gasteiger partial charge in [0.15, 0.2) is 0 Å². The molecule has 0 fully saturated rings. The summed E-state index contributed by atoms with van der Waals surface area (Å²) in [6.45, 7) is 4.95. The highest BCUT2D eigenvalue weighted by Crippen LogP contribution is 2.28. The molecule has 2 aromatic heterocycles. The molecule has 0 radical (unpaired) electrons. The second-order valence-electron chi connectivity index (χ2n) is 7.56. The Hall–Kier alpha value is -3.90. The monoisotopic (exact) mass is 457 g/mol. The third-order valence-electron chi connectivity index (χ3n) is 5.39. The van der Waals surface area contributed by atoms with E-state index in [0.29, 0.717) is 29.6 Å². The van der Waals surface area contributed by atoms with Crippen LogP contribution in [0, 0.1) is 25.2 Å². The zero-order valence-corrected chi connectivity index (χ0v) is 19.2. The molecule has 0 aliphatic carbocycles. The van der Waals surface area contributed by atoms with Crippen molar-refractivity contribution in [3.8, 4) is 6.07 Å². The van der Waals surface area contributed by atoms with E-state index in [9.17, 15) is 10.1 Å². The molecule has 33 heavy (non-hydrogen) atoms. The van der Waals surface area contributed by atoms with Gasteiger partial charge in [-0.15, -0.1) is 5.10 Å². The van der Waals surface area contributed by atoms with Crippen molar-refractivity contribution in [1.82, 2.24) is 24.8 Å². The maximum Gasteiger partial charge on any atom is 0.235 e. The van der Waals surface area contributed by atoms with Gasteiger partial charge in [-0.3, -0.25) is 4.79 Å². The van der Waals surface area contributed by atoms with E-state index < -0.39 is 0 Å². The van der Waals surface area contributed by atoms with Crippen molar-refractivity contribution in [3.05, 3.63) is 88.6 Å². The first-order chi connectivity index (χ1) is 16.1. The van der Waals surface area contributed by atoms with Crippen molar-refractivity contribution in [2.45, 2.75) is 32.1 Å². The highest BCUT2D eigenvalue weighted by atomic mass is 32.2. The van der Waals surface area contributed by atoms with E-state index >= 15 is 0 Å². The predicted molar refractivity (Wildman–Crippen MR) is 127 cm³/mol. The maximum absolute atomic E-state index is 12.8. The van der Waals surface area contributed by atoms with Crippen molar-refractivity contribution >= 4 is 23.5 Å². The van der Waals surface area contributed by atoms with Crippen LogP contribution < -0.4 is 5.32 Å². The topological polar surface area (TPSA) is 101 Å². The van der Waals surface area contributed by atoms with E-state index in [1.54, 1.807) is 4.68 Å². The molecule has 1 amide bonds. The molecular weight excluding hydrogens is 434 g/mol. The van der Waals surface area contributed by atoms with Crippen LogP contribution in [0.1, 0.15) is 27.9 Å². The Morgan fingerprint density at radius 1 is 1.03 bits per heavy atom. The Kier molecular flexibility index (Phi) is 6.86. The number of nitriles is 1. The maximum atomic E-state index is 12.8. The summed E-state index contributed by atoms with van der Waals surface area (Å²) in [5.74, 6) is 0.415. The molecule has 8 nitrogen and oxygen atoms in total. The normalized spacial score (nSPS) is 10.7. The summed E-state index contributed by atoms with van der Waals surface area (Å²) in [6, 6.07) is 22.1. The molecule has 2 aromatic carbocycles. The van der Waals surface area contributed by atoms with Gasteiger partial charge in [-0.25, -0.2) is 4.68 Å². The second kappa shape index (κ2) is 10.1. The fourth-order valence-electron chi connectivity index (χ4n) is 3.55. The predicted octanol–water partition coefficient (Wildman–Crippen LogP) is 3.79. The number of benzene rings is 2. The minimum Gasteiger partial charge on any atom is -0.326 e. The zero-order valence-electron chi connectivity index (χ0n) is 18.4. The molecule has 0 aliphatic rings. The molecule has 0 bridgehead atoms. The second-order valence-corrected chi connectivity index (χ2v) is 8.50. The smallest absolute Gasteiger partial charge is 0.235 e. The van der Waals surface area contributed by atoms with Gasteiger partial charge in [0, 0.05) is 12.2 Å². The van der Waals surface area contributed by atoms with Crippen molar-refractivity contribution in [2.24, 2.45) is 0 Å². The van der Waals surface area contributed by atoms with Gasteiger partial charge in [-0.05, 0) is 41.0 Å². The Morgan fingerprint density at radius 2 is 1.67 bits per heavy atom. The summed E-state index contributed by atoms with van der Waals surface area (Å²) in [7, 11) is 0. The molecule has 4 rings (SSSR count). The lowest BCUT2D eigenvalue weighted by Crippen LogP contribution is -2.19. The van der Waals surface area contributed by atoms with E-state index in [2.05, 4.69) is 26.9 Å². The lowest BCUT2D eigenvalue weighted by molar-refractivity contribution is -0.113. The lowest BCUT2D eigenvalue weighted by atomic mass is 10.2. The minimum atomic E-state index is -0.224. The average Bonchev–Trinajstić information content (AvgIpc) is 3.36. The highest BCUT2D eigenvalue weighted by molar-refractivity contribution is 7.99. The Morgan fingerprint density at radius 3 is 2.30 bits per heavy atom. The van der Waals surface area contributed by atoms with Gasteiger partial charge in [0.05, 0.1) is 17.9 Å². The molecular formula is C24H23N7OS. The number of carbonyl (C=O) groups excluding carboxylic acids is 1. The molecule has 2 heterocycles. The largest absolute Gasteiger partial charge is 0.326 e. The van der Waals surface area contributed by atoms with E-state index in [4.69, 9.17) is 0 Å². The van der Waals surface area contributed by atoms with E-state index in [1.807, 2.05) is 79.1 Å². The van der Waals surface area contributed by atoms with Gasteiger partial charge in [0.25, 0.3) is 0 Å². The summed E-state index contributed by atoms with van der Waals surface area (Å²) < 4.78 is 3.64. The fourth-order valence-corrected chi connectivity index (χ4v) is 4.22. The number of anilines is 1. The summed E-state index contributed by atoms with van der Waals surface area (Å²) in [5, 5.41) is 25.0. The number of nitrogens with zero attached hydrogens (tertiary/aromatic N) is 6. The third-order valence-corrected chi connectivity index (χ3v) is 6.35. The Bertz CT molecular complexity index is 1290. The molecule has 0 aliphatic heterocycles. The van der Waals surface area contributed by atoms with Crippen LogP contribution in [0.4, 0.5) is 5.82 Å². The van der Waals surface area contributed by atoms with Crippen molar-refractivity contribution < 1.29 is 4.79 Å². The van der Waals surface area contributed by atoms with Gasteiger partial charge < -0.3 is 9.88 Å². The summed E-state index contributed by atoms with van der Waals surface area (Å²) in [5.41, 5.74) is 4.45. The minimum absolute atomic E-state index is 0.120. The van der Waals surface area contributed by atoms with Crippen LogP contribution in [0.5, 0.6) is 0 Å². The van der Waals surface area contributed by atoms with Crippen LogP contribution in [0.25, 0.3) is 0 Å². The fraction of sp³-hybridized carbons (Fsp3) is 0.208. The summed E-state index contributed by atoms with van der Waals surface area (Å²) in [4.78, 5) is 12.8. The molecule has 0 spiro atoms. The molecule has 0 unspecified atom stereocenters. The first-order valence-electron chi connectivity index (χ1n) is 10.4. The molecule has 0 saturated carbocycles. The van der Waals surface area contributed by atoms with Gasteiger partial charge >= 0.3 is 0 Å². The Balaban J connectivity index is 1.48. The number of hydrogen-bond donors (Lipinski definition) is 1. The SMILES string of the molecule is Cc1c(C#N)c(NC(=O)CSc2nnnn2Cc2ccccc2)n(Cc2ccccc2)c1C. The number of amides is 1. The number of carbonyl (C=O) groups is 1. The quantitative estimate of drug-likeness (QED) is 0.404. The molecule has 166 valence electrons. The van der Waals surface area contributed by atoms with Crippen LogP contribution >= 0.6 is 11.8 Å². The number of aromatic nitrogens is 5. The van der Waals surface area contributed by atoms with Crippen LogP contribution in [0.3, 0.4) is 0 Å². The van der Waals surface area contributed by atoms with Crippen molar-refractivity contribution in [2.75, 3.05) is 11.1 Å². The number of rotatable bonds is 8. The van der Waals surface area contributed by atoms with Gasteiger partial charge in [0.2, 0.25) is 11.1 Å². The number of tetrazole rings is 1. The third kappa shape index (κ3) is 5.13. The van der Waals surface area contributed by atoms with Crippen LogP contribution in [-0.4, -0.2) is 36.4 Å². The number of nitrogens with one attached hydrogen (secondary N) is 1. The van der Waals surface area contributed by atoms with Crippen LogP contribution in [-0.2, 0) is 17.9 Å². The lowest BCUT2D eigenvalue weighted by Gasteiger charge is -2.13. The average molecular weight is 458 g/mol. The van der Waals surface area contributed by atoms with E-state index in [1.165, 1.54) is 11.8 Å². The summed E-state index contributed by atoms with van der Waals surface area (Å²) in [6.07, 6.45) is 0. The molecule has 1 N–H and O–H groups in total. The zero-order chi connectivity index (χ0) is 23.2. The number of hydrogen-bond acceptors (Lipinski definition) is 6. The van der Waals surface area contributed by atoms with E-state index in [-0.39, 0.29) is 11.7 Å². The standard InChI is InChI=1S/C24H23N7OS/c1-17-18(2)30(14-19-9-5-3-6-10-19)23(21(17)13-25)26-22(32)16-33-24-27-28-29-31(24)15-20-11-7-4-8-12-20/h3-12H,14-16H2,1-2H3,(H,26,32). The van der Waals surface area contributed by atoms with Crippen LogP contribution in [0.15, 0.2) is 65.8 Å². The Labute approximate surface area is 196 Å². The van der Waals surface area contributed by atoms with Gasteiger partial charge in [-0.1, -0.05) is 72.4 Å². The summed E-state index contributed by atoms with van der Waals surface area (Å²) >= 11 is 1.26. The first kappa shape index (κ1) is 22.3. The van der Waals surface area contributed by atoms with Crippen molar-refractivity contribution in [1.29, 1.82) is 5.26 Å². The molecule has 9 heteroatoms. The highest BCUT2D eigenvalue weighted by Gasteiger charge is 2.20. The van der Waals surface area contributed by atoms with Crippen LogP contribution in [0.2, 0.25) is 0 Å². The van der Waals surface area contributed by atoms with Gasteiger partial charge in [-0.2, -0.15) is 5.26 Å². The van der Waals surface area contributed by atoms with Gasteiger partial charge in [0.1, 0.15) is 11.9 Å².